The van der Waals surface area contributed by atoms with E-state index in [-0.39, 0.29) is 17.9 Å². The molecule has 47 heavy (non-hydrogen) atoms. The predicted molar refractivity (Wildman–Crippen MR) is 182 cm³/mol. The van der Waals surface area contributed by atoms with Gasteiger partial charge in [-0.05, 0) is 70.8 Å². The van der Waals surface area contributed by atoms with E-state index in [0.29, 0.717) is 37.7 Å². The highest BCUT2D eigenvalue weighted by Gasteiger charge is 2.33. The van der Waals surface area contributed by atoms with E-state index >= 15 is 0 Å². The quantitative estimate of drug-likeness (QED) is 0.0990. The minimum Gasteiger partial charge on any atom is -0.474 e. The number of carbonyl (C=O) groups excluding carboxylic acids is 2. The maximum absolute atomic E-state index is 13.6. The van der Waals surface area contributed by atoms with Crippen molar-refractivity contribution in [1.82, 2.24) is 10.6 Å². The first-order valence-electron chi connectivity index (χ1n) is 15.0. The zero-order chi connectivity index (χ0) is 34.1. The molecular weight excluding hydrogens is 741 g/mol. The topological polar surface area (TPSA) is 95.5 Å². The van der Waals surface area contributed by atoms with Crippen molar-refractivity contribution in [3.05, 3.63) is 127 Å². The van der Waals surface area contributed by atoms with Gasteiger partial charge in [-0.3, -0.25) is 9.59 Å². The molecule has 0 heterocycles. The predicted octanol–water partition coefficient (Wildman–Crippen LogP) is 9.04. The molecule has 0 bridgehead atoms. The average molecular weight is 774 g/mol. The maximum atomic E-state index is 13.6. The number of nitrogens with one attached hydrogen (secondary N) is 2. The number of carboxylic acid groups (broad SMARTS) is 1. The van der Waals surface area contributed by atoms with E-state index in [1.165, 1.54) is 48.7 Å². The van der Waals surface area contributed by atoms with Gasteiger partial charge in [0.15, 0.2) is 0 Å². The first-order valence-corrected chi connectivity index (χ1v) is 16.6. The van der Waals surface area contributed by atoms with Gasteiger partial charge >= 0.3 is 18.1 Å². The summed E-state index contributed by atoms with van der Waals surface area (Å²) in [6.45, 7) is 2.52. The van der Waals surface area contributed by atoms with Gasteiger partial charge in [0.25, 0.3) is 5.91 Å². The molecule has 1 atom stereocenters. The molecule has 3 N–H and O–H groups in total. The summed E-state index contributed by atoms with van der Waals surface area (Å²) in [7, 11) is 0. The van der Waals surface area contributed by atoms with Gasteiger partial charge in [-0.1, -0.05) is 118 Å². The Kier molecular flexibility index (Phi) is 12.4. The van der Waals surface area contributed by atoms with Crippen LogP contribution in [0.3, 0.4) is 0 Å². The highest BCUT2D eigenvalue weighted by molar-refractivity contribution is 9.11. The summed E-state index contributed by atoms with van der Waals surface area (Å²) in [5.74, 6) is -3.21. The van der Waals surface area contributed by atoms with Crippen LogP contribution < -0.4 is 10.6 Å². The second-order valence-corrected chi connectivity index (χ2v) is 12.8. The van der Waals surface area contributed by atoms with Gasteiger partial charge in [-0.25, -0.2) is 4.79 Å². The second-order valence-electron chi connectivity index (χ2n) is 11.1. The number of benzene rings is 4. The smallest absolute Gasteiger partial charge is 0.417 e. The largest absolute Gasteiger partial charge is 0.474 e. The van der Waals surface area contributed by atoms with E-state index in [1.807, 2.05) is 12.1 Å². The lowest BCUT2D eigenvalue weighted by molar-refractivity contribution is -0.150. The molecular formula is C36H33Br2F3N2O4. The number of carbonyl (C=O) groups is 3. The molecule has 0 aliphatic heterocycles. The zero-order valence-corrected chi connectivity index (χ0v) is 28.6. The Labute approximate surface area is 288 Å². The highest BCUT2D eigenvalue weighted by atomic mass is 79.9. The van der Waals surface area contributed by atoms with Gasteiger partial charge in [0.2, 0.25) is 0 Å². The molecule has 246 valence electrons. The number of amides is 2. The third-order valence-corrected chi connectivity index (χ3v) is 9.13. The molecule has 4 rings (SSSR count). The van der Waals surface area contributed by atoms with Crippen molar-refractivity contribution in [2.75, 3.05) is 0 Å². The number of unbranched alkanes of at least 4 members (excludes halogenated alkanes) is 2. The number of aryl methyl sites for hydroxylation is 1. The van der Waals surface area contributed by atoms with Gasteiger partial charge < -0.3 is 15.7 Å². The summed E-state index contributed by atoms with van der Waals surface area (Å²) in [5, 5.41) is 14.7. The van der Waals surface area contributed by atoms with Gasteiger partial charge in [-0.2, -0.15) is 13.2 Å². The molecule has 11 heteroatoms. The Morgan fingerprint density at radius 3 is 2.06 bits per heavy atom. The van der Waals surface area contributed by atoms with Crippen LogP contribution >= 0.6 is 31.9 Å². The van der Waals surface area contributed by atoms with Crippen LogP contribution in [0.5, 0.6) is 0 Å². The summed E-state index contributed by atoms with van der Waals surface area (Å²) in [6, 6.07) is 21.9. The van der Waals surface area contributed by atoms with E-state index in [2.05, 4.69) is 61.5 Å². The second kappa shape index (κ2) is 16.2. The lowest BCUT2D eigenvalue weighted by atomic mass is 9.94. The lowest BCUT2D eigenvalue weighted by Gasteiger charge is -2.21. The summed E-state index contributed by atoms with van der Waals surface area (Å²) in [4.78, 5) is 36.7. The number of aliphatic carboxylic acids is 1. The standard InChI is InChI=1S/C36H33Br2F3N2O4/c1-2-3-4-7-22-10-12-23(13-11-22)21-42-33(44)26-18-30(37)28(31(38)19-26)20-32(43-34(45)35(46)47)25-16-14-24(15-17-25)27-8-5-6-9-29(27)36(39,40)41/h5-6,8-19,32H,2-4,7,20-21H2,1H3,(H,42,44)(H,43,45)(H,46,47). The SMILES string of the molecule is CCCCCc1ccc(CNC(=O)c2cc(Br)c(CC(NC(=O)C(=O)O)c3ccc(-c4ccccc4C(F)(F)F)cc3)c(Br)c2)cc1. The third-order valence-electron chi connectivity index (χ3n) is 7.71. The van der Waals surface area contributed by atoms with Crippen molar-refractivity contribution in [2.45, 2.75) is 57.8 Å². The molecule has 0 saturated carbocycles. The normalized spacial score (nSPS) is 12.0. The number of hydrogen-bond donors (Lipinski definition) is 3. The number of alkyl halides is 3. The van der Waals surface area contributed by atoms with Crippen molar-refractivity contribution in [2.24, 2.45) is 0 Å². The molecule has 0 aliphatic carbocycles. The number of halogens is 5. The molecule has 0 spiro atoms. The lowest BCUT2D eigenvalue weighted by Crippen LogP contribution is -2.35. The molecule has 1 unspecified atom stereocenters. The summed E-state index contributed by atoms with van der Waals surface area (Å²) >= 11 is 7.03. The molecule has 0 aliphatic rings. The van der Waals surface area contributed by atoms with Gasteiger partial charge in [0.05, 0.1) is 11.6 Å². The van der Waals surface area contributed by atoms with Crippen LogP contribution in [0.15, 0.2) is 93.9 Å². The molecule has 0 saturated heterocycles. The monoisotopic (exact) mass is 772 g/mol. The summed E-state index contributed by atoms with van der Waals surface area (Å²) in [5.41, 5.74) is 3.25. The Morgan fingerprint density at radius 1 is 0.851 bits per heavy atom. The number of rotatable bonds is 12. The maximum Gasteiger partial charge on any atom is 0.417 e. The molecule has 4 aromatic carbocycles. The van der Waals surface area contributed by atoms with E-state index in [4.69, 9.17) is 0 Å². The van der Waals surface area contributed by atoms with Crippen LogP contribution in [-0.2, 0) is 35.2 Å². The molecule has 0 fully saturated rings. The van der Waals surface area contributed by atoms with Crippen molar-refractivity contribution in [3.63, 3.8) is 0 Å². The average Bonchev–Trinajstić information content (AvgIpc) is 3.05. The van der Waals surface area contributed by atoms with Gasteiger partial charge in [0, 0.05) is 21.1 Å². The Bertz CT molecular complexity index is 1700. The van der Waals surface area contributed by atoms with Crippen molar-refractivity contribution >= 4 is 49.6 Å². The van der Waals surface area contributed by atoms with Crippen molar-refractivity contribution < 1.29 is 32.7 Å². The minimum atomic E-state index is -4.55. The van der Waals surface area contributed by atoms with Crippen LogP contribution in [-0.4, -0.2) is 22.9 Å². The van der Waals surface area contributed by atoms with Crippen molar-refractivity contribution in [3.8, 4) is 11.1 Å². The zero-order valence-electron chi connectivity index (χ0n) is 25.5. The van der Waals surface area contributed by atoms with Gasteiger partial charge in [0.1, 0.15) is 0 Å². The molecule has 6 nitrogen and oxygen atoms in total. The first kappa shape index (κ1) is 35.9. The molecule has 0 aromatic heterocycles. The van der Waals surface area contributed by atoms with Gasteiger partial charge in [-0.15, -0.1) is 0 Å². The molecule has 2 amide bonds. The third kappa shape index (κ3) is 9.77. The summed E-state index contributed by atoms with van der Waals surface area (Å²) < 4.78 is 41.9. The van der Waals surface area contributed by atoms with Crippen LogP contribution in [0.25, 0.3) is 11.1 Å². The Hall–Kier alpha value is -3.96. The van der Waals surface area contributed by atoms with Crippen LogP contribution in [0.1, 0.15) is 70.4 Å². The fourth-order valence-electron chi connectivity index (χ4n) is 5.17. The van der Waals surface area contributed by atoms with Crippen LogP contribution in [0.4, 0.5) is 13.2 Å². The van der Waals surface area contributed by atoms with Crippen LogP contribution in [0, 0.1) is 0 Å². The molecule has 0 radical (unpaired) electrons. The summed E-state index contributed by atoms with van der Waals surface area (Å²) in [6.07, 6.45) is 0.0818. The Balaban J connectivity index is 1.51. The van der Waals surface area contributed by atoms with E-state index in [0.717, 1.165) is 24.5 Å². The van der Waals surface area contributed by atoms with E-state index < -0.39 is 29.7 Å². The minimum absolute atomic E-state index is 0.00329. The van der Waals surface area contributed by atoms with Crippen molar-refractivity contribution in [1.29, 1.82) is 0 Å². The fraction of sp³-hybridized carbons (Fsp3) is 0.250. The highest BCUT2D eigenvalue weighted by Crippen LogP contribution is 2.38. The Morgan fingerprint density at radius 2 is 1.47 bits per heavy atom. The number of carboxylic acids is 1. The number of hydrogen-bond acceptors (Lipinski definition) is 3. The van der Waals surface area contributed by atoms with E-state index in [9.17, 15) is 32.7 Å². The van der Waals surface area contributed by atoms with Crippen LogP contribution in [0.2, 0.25) is 0 Å². The first-order chi connectivity index (χ1) is 22.4. The van der Waals surface area contributed by atoms with E-state index in [1.54, 1.807) is 24.3 Å². The molecule has 4 aromatic rings. The fourth-order valence-corrected chi connectivity index (χ4v) is 6.68.